The number of nitrogens with zero attached hydrogens (tertiary/aromatic N) is 1. The number of phosphoric acid groups is 1. The van der Waals surface area contributed by atoms with Crippen LogP contribution in [0, 0.1) is 0 Å². The highest BCUT2D eigenvalue weighted by atomic mass is 31.2. The lowest BCUT2D eigenvalue weighted by molar-refractivity contribution is -0.870. The summed E-state index contributed by atoms with van der Waals surface area (Å²) in [5.74, 6) is -0.833. The molecule has 0 spiro atoms. The molecular formula is C68H113NO8P+. The third kappa shape index (κ3) is 61.1. The van der Waals surface area contributed by atoms with Gasteiger partial charge in [-0.3, -0.25) is 18.6 Å². The van der Waals surface area contributed by atoms with Crippen LogP contribution in [-0.2, 0) is 32.7 Å². The van der Waals surface area contributed by atoms with Gasteiger partial charge in [0.2, 0.25) is 0 Å². The molecule has 0 aliphatic carbocycles. The fourth-order valence-corrected chi connectivity index (χ4v) is 8.40. The zero-order chi connectivity index (χ0) is 57.0. The molecule has 0 aliphatic rings. The molecule has 0 heterocycles. The first-order valence-corrected chi connectivity index (χ1v) is 32.1. The van der Waals surface area contributed by atoms with Gasteiger partial charge < -0.3 is 18.9 Å². The van der Waals surface area contributed by atoms with Gasteiger partial charge in [-0.1, -0.05) is 230 Å². The van der Waals surface area contributed by atoms with Gasteiger partial charge in [-0.2, -0.15) is 0 Å². The summed E-state index contributed by atoms with van der Waals surface area (Å²) < 4.78 is 34.5. The fourth-order valence-electron chi connectivity index (χ4n) is 7.66. The molecule has 442 valence electrons. The minimum Gasteiger partial charge on any atom is -0.462 e. The van der Waals surface area contributed by atoms with E-state index in [0.29, 0.717) is 17.4 Å². The fraction of sp³-hybridized carbons (Fsp3) is 0.618. The lowest BCUT2D eigenvalue weighted by atomic mass is 10.1. The van der Waals surface area contributed by atoms with Crippen LogP contribution >= 0.6 is 7.82 Å². The van der Waals surface area contributed by atoms with Gasteiger partial charge in [-0.25, -0.2) is 4.57 Å². The summed E-state index contributed by atoms with van der Waals surface area (Å²) in [5.41, 5.74) is 0. The van der Waals surface area contributed by atoms with Crippen LogP contribution in [0.15, 0.2) is 146 Å². The Morgan fingerprint density at radius 2 is 0.731 bits per heavy atom. The monoisotopic (exact) mass is 1100 g/mol. The minimum atomic E-state index is -4.40. The second-order valence-electron chi connectivity index (χ2n) is 21.0. The van der Waals surface area contributed by atoms with Gasteiger partial charge in [-0.15, -0.1) is 0 Å². The molecule has 0 bridgehead atoms. The molecular weight excluding hydrogens is 990 g/mol. The van der Waals surface area contributed by atoms with Crippen molar-refractivity contribution in [1.29, 1.82) is 0 Å². The molecule has 2 atom stereocenters. The van der Waals surface area contributed by atoms with E-state index >= 15 is 0 Å². The van der Waals surface area contributed by atoms with Crippen LogP contribution in [0.2, 0.25) is 0 Å². The van der Waals surface area contributed by atoms with Gasteiger partial charge in [0.05, 0.1) is 27.7 Å². The van der Waals surface area contributed by atoms with Crippen LogP contribution in [-0.4, -0.2) is 74.9 Å². The molecule has 10 heteroatoms. The number of hydrogen-bond acceptors (Lipinski definition) is 7. The van der Waals surface area contributed by atoms with Gasteiger partial charge in [-0.05, 0) is 122 Å². The molecule has 0 aliphatic heterocycles. The SMILES string of the molecule is CC/C=C\C/C=C\C/C=C\C/C=C\C/C=C\C/C=C\C/C=C\C/C=C\C/C=C\C/C=C\CCCCCCCCC(=O)OC(COC(=O)CCCCCCCCC/C=C\C/C=C\CCCCC)COP(=O)(O)OCC[N+](C)(C)C. The van der Waals surface area contributed by atoms with Crippen molar-refractivity contribution in [2.45, 2.75) is 225 Å². The Balaban J connectivity index is 4.20. The van der Waals surface area contributed by atoms with E-state index in [1.807, 2.05) is 21.1 Å². The average molecular weight is 1100 g/mol. The molecule has 1 N–H and O–H groups in total. The first kappa shape index (κ1) is 73.9. The van der Waals surface area contributed by atoms with E-state index in [0.717, 1.165) is 141 Å². The number of phosphoric ester groups is 1. The van der Waals surface area contributed by atoms with Crippen LogP contribution < -0.4 is 0 Å². The predicted octanol–water partition coefficient (Wildman–Crippen LogP) is 19.5. The van der Waals surface area contributed by atoms with E-state index in [1.165, 1.54) is 44.9 Å². The van der Waals surface area contributed by atoms with Crippen LogP contribution in [0.4, 0.5) is 0 Å². The van der Waals surface area contributed by atoms with Crippen molar-refractivity contribution >= 4 is 19.8 Å². The second kappa shape index (κ2) is 57.6. The maximum absolute atomic E-state index is 12.8. The van der Waals surface area contributed by atoms with Gasteiger partial charge in [0.25, 0.3) is 0 Å². The number of rotatable bonds is 54. The lowest BCUT2D eigenvalue weighted by Gasteiger charge is -2.24. The Bertz CT molecular complexity index is 1820. The summed E-state index contributed by atoms with van der Waals surface area (Å²) in [6, 6.07) is 0. The number of carbonyl (C=O) groups is 2. The van der Waals surface area contributed by atoms with Crippen molar-refractivity contribution in [2.75, 3.05) is 47.5 Å². The number of ether oxygens (including phenoxy) is 2. The first-order chi connectivity index (χ1) is 38.0. The summed E-state index contributed by atoms with van der Waals surface area (Å²) >= 11 is 0. The van der Waals surface area contributed by atoms with Crippen molar-refractivity contribution in [3.63, 3.8) is 0 Å². The van der Waals surface area contributed by atoms with Gasteiger partial charge in [0.1, 0.15) is 19.8 Å². The predicted molar refractivity (Wildman–Crippen MR) is 334 cm³/mol. The van der Waals surface area contributed by atoms with Crippen LogP contribution in [0.5, 0.6) is 0 Å². The summed E-state index contributed by atoms with van der Waals surface area (Å²) in [5, 5.41) is 0. The first-order valence-electron chi connectivity index (χ1n) is 30.6. The largest absolute Gasteiger partial charge is 0.472 e. The van der Waals surface area contributed by atoms with Crippen molar-refractivity contribution in [3.8, 4) is 0 Å². The zero-order valence-electron chi connectivity index (χ0n) is 50.1. The summed E-state index contributed by atoms with van der Waals surface area (Å²) in [4.78, 5) is 35.7. The molecule has 0 radical (unpaired) electrons. The molecule has 0 rings (SSSR count). The van der Waals surface area contributed by atoms with Crippen LogP contribution in [0.3, 0.4) is 0 Å². The van der Waals surface area contributed by atoms with E-state index < -0.39 is 26.5 Å². The molecule has 78 heavy (non-hydrogen) atoms. The molecule has 0 aromatic rings. The van der Waals surface area contributed by atoms with Crippen molar-refractivity contribution in [2.24, 2.45) is 0 Å². The molecule has 0 saturated heterocycles. The Hall–Kier alpha value is -4.11. The van der Waals surface area contributed by atoms with Gasteiger partial charge >= 0.3 is 19.8 Å². The zero-order valence-corrected chi connectivity index (χ0v) is 51.0. The number of hydrogen-bond donors (Lipinski definition) is 1. The standard InChI is InChI=1S/C68H112NO8P/c1-6-8-10-12-14-16-18-20-22-24-25-26-27-28-29-30-31-32-33-34-35-36-37-38-39-40-41-42-43-45-47-49-51-53-55-57-59-61-68(71)77-66(65-76-78(72,73)75-63-62-69(3,4)5)64-74-67(70)60-58-56-54-52-50-48-46-44-23-21-19-17-15-13-11-9-7-2/h8,10,14-17,20-23,25-26,28-29,31-32,34-35,37-38,40-41,43,45,66H,6-7,9,11-13,18-19,24,27,30,33,36,39,42,44,46-65H2,1-5H3/p+1/b10-8-,16-14-,17-15-,22-20-,23-21-,26-25-,29-28-,32-31-,35-34-,38-37-,41-40-,45-43-. The molecule has 0 amide bonds. The van der Waals surface area contributed by atoms with Crippen molar-refractivity contribution < 1.29 is 42.1 Å². The normalized spacial score (nSPS) is 14.3. The van der Waals surface area contributed by atoms with E-state index in [2.05, 4.69) is 160 Å². The number of unbranched alkanes of at least 4 members (excludes halogenated alkanes) is 16. The summed E-state index contributed by atoms with van der Waals surface area (Å²) in [6.45, 7) is 4.25. The summed E-state index contributed by atoms with van der Waals surface area (Å²) in [7, 11) is 1.44. The van der Waals surface area contributed by atoms with Gasteiger partial charge in [0.15, 0.2) is 6.10 Å². The third-order valence-corrected chi connectivity index (χ3v) is 13.3. The van der Waals surface area contributed by atoms with E-state index in [1.54, 1.807) is 0 Å². The van der Waals surface area contributed by atoms with Crippen LogP contribution in [0.1, 0.15) is 219 Å². The molecule has 2 unspecified atom stereocenters. The van der Waals surface area contributed by atoms with Gasteiger partial charge in [0, 0.05) is 12.8 Å². The Labute approximate surface area is 478 Å². The third-order valence-electron chi connectivity index (χ3n) is 12.4. The highest BCUT2D eigenvalue weighted by molar-refractivity contribution is 7.47. The molecule has 0 fully saturated rings. The number of likely N-dealkylation sites (N-methyl/N-ethyl adjacent to an activating group) is 1. The average Bonchev–Trinajstić information content (AvgIpc) is 3.41. The highest BCUT2D eigenvalue weighted by Crippen LogP contribution is 2.43. The number of allylic oxidation sites excluding steroid dienone is 24. The van der Waals surface area contributed by atoms with E-state index in [-0.39, 0.29) is 32.0 Å². The molecule has 9 nitrogen and oxygen atoms in total. The Kier molecular flexibility index (Phi) is 54.5. The quantitative estimate of drug-likeness (QED) is 0.0211. The molecule has 0 aromatic heterocycles. The Morgan fingerprint density at radius 1 is 0.410 bits per heavy atom. The lowest BCUT2D eigenvalue weighted by Crippen LogP contribution is -2.37. The highest BCUT2D eigenvalue weighted by Gasteiger charge is 2.27. The Morgan fingerprint density at radius 3 is 1.09 bits per heavy atom. The number of esters is 2. The van der Waals surface area contributed by atoms with Crippen LogP contribution in [0.25, 0.3) is 0 Å². The number of carbonyl (C=O) groups excluding carboxylic acids is 2. The maximum atomic E-state index is 12.8. The van der Waals surface area contributed by atoms with Crippen molar-refractivity contribution in [1.82, 2.24) is 0 Å². The smallest absolute Gasteiger partial charge is 0.462 e. The molecule has 0 aromatic carbocycles. The second-order valence-corrected chi connectivity index (χ2v) is 22.5. The topological polar surface area (TPSA) is 108 Å². The van der Waals surface area contributed by atoms with E-state index in [4.69, 9.17) is 18.5 Å². The minimum absolute atomic E-state index is 0.0194. The maximum Gasteiger partial charge on any atom is 0.472 e. The molecule has 0 saturated carbocycles. The van der Waals surface area contributed by atoms with E-state index in [9.17, 15) is 19.0 Å². The summed E-state index contributed by atoms with van der Waals surface area (Å²) in [6.07, 6.45) is 84.9. The van der Waals surface area contributed by atoms with Crippen molar-refractivity contribution in [3.05, 3.63) is 146 Å². The number of quaternary nitrogens is 1.